The normalized spacial score (nSPS) is 27.5. The average Bonchev–Trinajstić information content (AvgIpc) is 2.87. The summed E-state index contributed by atoms with van der Waals surface area (Å²) in [4.78, 5) is 4.72. The zero-order valence-electron chi connectivity index (χ0n) is 10.3. The highest BCUT2D eigenvalue weighted by molar-refractivity contribution is 8.14. The van der Waals surface area contributed by atoms with Crippen LogP contribution in [0.5, 0.6) is 0 Å². The van der Waals surface area contributed by atoms with Crippen LogP contribution in [0.4, 0.5) is 0 Å². The van der Waals surface area contributed by atoms with Gasteiger partial charge in [-0.2, -0.15) is 0 Å². The molecule has 1 atom stereocenters. The summed E-state index contributed by atoms with van der Waals surface area (Å²) >= 11 is 1.90. The van der Waals surface area contributed by atoms with Gasteiger partial charge in [-0.15, -0.1) is 0 Å². The summed E-state index contributed by atoms with van der Waals surface area (Å²) in [5.74, 6) is 1.21. The molecule has 16 heavy (non-hydrogen) atoms. The number of hydrogen-bond donors (Lipinski definition) is 1. The number of ether oxygens (including phenoxy) is 1. The lowest BCUT2D eigenvalue weighted by Crippen LogP contribution is -2.40. The molecule has 1 unspecified atom stereocenters. The van der Waals surface area contributed by atoms with Gasteiger partial charge in [-0.1, -0.05) is 24.6 Å². The summed E-state index contributed by atoms with van der Waals surface area (Å²) < 4.78 is 5.07. The van der Waals surface area contributed by atoms with E-state index in [2.05, 4.69) is 12.2 Å². The van der Waals surface area contributed by atoms with Gasteiger partial charge in [-0.05, 0) is 26.2 Å². The van der Waals surface area contributed by atoms with Crippen LogP contribution in [0.25, 0.3) is 0 Å². The molecular weight excluding hydrogens is 220 g/mol. The molecule has 0 radical (unpaired) electrons. The molecule has 1 saturated carbocycles. The zero-order valence-corrected chi connectivity index (χ0v) is 11.1. The molecule has 1 saturated heterocycles. The van der Waals surface area contributed by atoms with Crippen LogP contribution in [-0.4, -0.2) is 36.2 Å². The molecular formula is C12H22N2OS. The minimum Gasteiger partial charge on any atom is -0.385 e. The molecule has 2 rings (SSSR count). The minimum absolute atomic E-state index is 0.367. The highest BCUT2D eigenvalue weighted by atomic mass is 32.2. The van der Waals surface area contributed by atoms with Crippen LogP contribution in [-0.2, 0) is 4.74 Å². The van der Waals surface area contributed by atoms with E-state index in [0.717, 1.165) is 18.2 Å². The molecule has 0 aromatic rings. The quantitative estimate of drug-likeness (QED) is 0.822. The monoisotopic (exact) mass is 242 g/mol. The predicted molar refractivity (Wildman–Crippen MR) is 70.2 cm³/mol. The molecule has 1 aliphatic heterocycles. The molecule has 0 aromatic heterocycles. The van der Waals surface area contributed by atoms with Gasteiger partial charge in [0.15, 0.2) is 5.17 Å². The van der Waals surface area contributed by atoms with Crippen molar-refractivity contribution in [2.45, 2.75) is 50.6 Å². The summed E-state index contributed by atoms with van der Waals surface area (Å²) in [6.07, 6.45) is 6.41. The summed E-state index contributed by atoms with van der Waals surface area (Å²) in [7, 11) is 1.75. The van der Waals surface area contributed by atoms with Crippen LogP contribution in [0.3, 0.4) is 0 Å². The average molecular weight is 242 g/mol. The van der Waals surface area contributed by atoms with Crippen molar-refractivity contribution < 1.29 is 4.74 Å². The van der Waals surface area contributed by atoms with E-state index in [0.29, 0.717) is 11.6 Å². The lowest BCUT2D eigenvalue weighted by molar-refractivity contribution is 0.190. The first kappa shape index (κ1) is 12.2. The highest BCUT2D eigenvalue weighted by Gasteiger charge is 2.39. The molecule has 2 aliphatic rings. The second kappa shape index (κ2) is 5.41. The standard InChI is InChI=1S/C12H22N2OS/c1-10(5-8-15-2)13-11-14-12(9-16-11)6-3-4-7-12/h10H,3-9H2,1-2H3,(H,13,14). The molecule has 1 spiro atoms. The van der Waals surface area contributed by atoms with Gasteiger partial charge >= 0.3 is 0 Å². The Bertz CT molecular complexity index is 262. The number of amidine groups is 1. The molecule has 0 amide bonds. The summed E-state index contributed by atoms with van der Waals surface area (Å²) in [6.45, 7) is 2.96. The van der Waals surface area contributed by atoms with Crippen molar-refractivity contribution in [1.82, 2.24) is 5.32 Å². The number of nitrogens with one attached hydrogen (secondary N) is 1. The first-order chi connectivity index (χ1) is 7.74. The number of rotatable bonds is 4. The molecule has 0 bridgehead atoms. The van der Waals surface area contributed by atoms with Crippen LogP contribution in [0, 0.1) is 0 Å². The largest absolute Gasteiger partial charge is 0.385 e. The van der Waals surface area contributed by atoms with Crippen molar-refractivity contribution in [3.05, 3.63) is 0 Å². The van der Waals surface area contributed by atoms with E-state index in [9.17, 15) is 0 Å². The Balaban J connectivity index is 1.85. The Labute approximate surface area is 102 Å². The second-order valence-corrected chi connectivity index (χ2v) is 5.93. The lowest BCUT2D eigenvalue weighted by Gasteiger charge is -2.22. The molecule has 1 aliphatic carbocycles. The number of hydrogen-bond acceptors (Lipinski definition) is 3. The number of nitrogens with zero attached hydrogens (tertiary/aromatic N) is 1. The van der Waals surface area contributed by atoms with Crippen molar-refractivity contribution in [2.75, 3.05) is 19.5 Å². The van der Waals surface area contributed by atoms with E-state index in [4.69, 9.17) is 9.73 Å². The van der Waals surface area contributed by atoms with E-state index in [-0.39, 0.29) is 0 Å². The van der Waals surface area contributed by atoms with E-state index in [1.165, 1.54) is 31.4 Å². The van der Waals surface area contributed by atoms with Gasteiger partial charge in [0, 0.05) is 25.0 Å². The second-order valence-electron chi connectivity index (χ2n) is 4.97. The van der Waals surface area contributed by atoms with Crippen LogP contribution in [0.2, 0.25) is 0 Å². The molecule has 2 fully saturated rings. The molecule has 1 heterocycles. The number of aliphatic imine (C=N–C) groups is 1. The van der Waals surface area contributed by atoms with Crippen molar-refractivity contribution in [2.24, 2.45) is 4.99 Å². The fourth-order valence-corrected chi connectivity index (χ4v) is 3.77. The van der Waals surface area contributed by atoms with Crippen LogP contribution in [0.15, 0.2) is 4.99 Å². The lowest BCUT2D eigenvalue weighted by atomic mass is 10.0. The summed E-state index contributed by atoms with van der Waals surface area (Å²) in [5, 5.41) is 4.80. The first-order valence-electron chi connectivity index (χ1n) is 6.22. The van der Waals surface area contributed by atoms with E-state index in [1.54, 1.807) is 7.11 Å². The van der Waals surface area contributed by atoms with Crippen molar-refractivity contribution in [3.63, 3.8) is 0 Å². The number of thioether (sulfide) groups is 1. The van der Waals surface area contributed by atoms with Crippen molar-refractivity contribution >= 4 is 16.9 Å². The van der Waals surface area contributed by atoms with Gasteiger partial charge in [-0.25, -0.2) is 0 Å². The third-order valence-corrected chi connectivity index (χ3v) is 4.67. The summed E-state index contributed by atoms with van der Waals surface area (Å²) in [6, 6.07) is 0.367. The Kier molecular flexibility index (Phi) is 4.14. The van der Waals surface area contributed by atoms with E-state index in [1.807, 2.05) is 11.8 Å². The molecule has 3 nitrogen and oxygen atoms in total. The van der Waals surface area contributed by atoms with Crippen molar-refractivity contribution in [1.29, 1.82) is 0 Å². The van der Waals surface area contributed by atoms with Crippen LogP contribution in [0.1, 0.15) is 39.0 Å². The smallest absolute Gasteiger partial charge is 0.157 e. The van der Waals surface area contributed by atoms with Crippen LogP contribution < -0.4 is 5.32 Å². The SMILES string of the molecule is COCCC(C)N=C1NC2(CCCC2)CS1. The van der Waals surface area contributed by atoms with Gasteiger partial charge in [0.2, 0.25) is 0 Å². The summed E-state index contributed by atoms with van der Waals surface area (Å²) in [5.41, 5.74) is 0.393. The van der Waals surface area contributed by atoms with Gasteiger partial charge in [0.05, 0.1) is 6.04 Å². The Morgan fingerprint density at radius 2 is 2.25 bits per heavy atom. The van der Waals surface area contributed by atoms with E-state index < -0.39 is 0 Å². The predicted octanol–water partition coefficient (Wildman–Crippen LogP) is 2.42. The third-order valence-electron chi connectivity index (χ3n) is 3.50. The maximum atomic E-state index is 5.07. The molecule has 1 N–H and O–H groups in total. The van der Waals surface area contributed by atoms with Gasteiger partial charge in [0.1, 0.15) is 0 Å². The molecule has 0 aromatic carbocycles. The van der Waals surface area contributed by atoms with Crippen molar-refractivity contribution in [3.8, 4) is 0 Å². The van der Waals surface area contributed by atoms with Crippen LogP contribution >= 0.6 is 11.8 Å². The van der Waals surface area contributed by atoms with Gasteiger partial charge < -0.3 is 10.1 Å². The molecule has 4 heteroatoms. The number of methoxy groups -OCH3 is 1. The zero-order chi connectivity index (χ0) is 11.4. The molecule has 92 valence electrons. The minimum atomic E-state index is 0.367. The Morgan fingerprint density at radius 3 is 2.94 bits per heavy atom. The topological polar surface area (TPSA) is 33.6 Å². The fourth-order valence-electron chi connectivity index (χ4n) is 2.45. The Hall–Kier alpha value is -0.220. The highest BCUT2D eigenvalue weighted by Crippen LogP contribution is 2.37. The maximum Gasteiger partial charge on any atom is 0.157 e. The van der Waals surface area contributed by atoms with Gasteiger partial charge in [-0.3, -0.25) is 4.99 Å². The third kappa shape index (κ3) is 2.92. The van der Waals surface area contributed by atoms with Gasteiger partial charge in [0.25, 0.3) is 0 Å². The Morgan fingerprint density at radius 1 is 1.50 bits per heavy atom. The maximum absolute atomic E-state index is 5.07. The van der Waals surface area contributed by atoms with E-state index >= 15 is 0 Å². The fraction of sp³-hybridized carbons (Fsp3) is 0.917. The first-order valence-corrected chi connectivity index (χ1v) is 7.20.